The maximum absolute atomic E-state index is 8.96. The normalized spacial score (nSPS) is 11.0. The van der Waals surface area contributed by atoms with E-state index in [4.69, 9.17) is 33.0 Å². The molecule has 3 aromatic rings. The topological polar surface area (TPSA) is 41.5 Å². The summed E-state index contributed by atoms with van der Waals surface area (Å²) in [7, 11) is 0. The zero-order chi connectivity index (χ0) is 18.4. The van der Waals surface area contributed by atoms with Gasteiger partial charge in [-0.1, -0.05) is 59.6 Å². The Morgan fingerprint density at radius 1 is 0.962 bits per heavy atom. The van der Waals surface area contributed by atoms with Crippen molar-refractivity contribution in [1.29, 1.82) is 0 Å². The molecule has 0 aliphatic rings. The lowest BCUT2D eigenvalue weighted by atomic mass is 10.0. The maximum Gasteiger partial charge on any atom is 0.124 e. The van der Waals surface area contributed by atoms with Gasteiger partial charge in [-0.2, -0.15) is 0 Å². The van der Waals surface area contributed by atoms with E-state index in [0.29, 0.717) is 23.2 Å². The minimum absolute atomic E-state index is 0.184. The van der Waals surface area contributed by atoms with Gasteiger partial charge >= 0.3 is 0 Å². The number of nitrogens with one attached hydrogen (secondary N) is 1. The van der Waals surface area contributed by atoms with E-state index < -0.39 is 0 Å². The SMILES string of the molecule is OCCCNCc1c(OCc2ccc(Cl)c(Cl)c2)ccc2ccccc12. The number of benzene rings is 3. The van der Waals surface area contributed by atoms with Gasteiger partial charge in [0, 0.05) is 18.7 Å². The van der Waals surface area contributed by atoms with Gasteiger partial charge in [-0.3, -0.25) is 0 Å². The second-order valence-corrected chi connectivity index (χ2v) is 6.87. The molecule has 0 bridgehead atoms. The molecule has 3 rings (SSSR count). The van der Waals surface area contributed by atoms with Crippen molar-refractivity contribution >= 4 is 34.0 Å². The fourth-order valence-electron chi connectivity index (χ4n) is 2.84. The summed E-state index contributed by atoms with van der Waals surface area (Å²) in [5.41, 5.74) is 2.08. The highest BCUT2D eigenvalue weighted by Gasteiger charge is 2.09. The Morgan fingerprint density at radius 3 is 2.62 bits per heavy atom. The predicted octanol–water partition coefficient (Wildman–Crippen LogP) is 5.20. The Hall–Kier alpha value is -1.78. The highest BCUT2D eigenvalue weighted by atomic mass is 35.5. The van der Waals surface area contributed by atoms with Gasteiger partial charge in [0.05, 0.1) is 10.0 Å². The van der Waals surface area contributed by atoms with Crippen molar-refractivity contribution < 1.29 is 9.84 Å². The van der Waals surface area contributed by atoms with Gasteiger partial charge in [-0.15, -0.1) is 0 Å². The second kappa shape index (κ2) is 9.24. The predicted molar refractivity (Wildman–Crippen MR) is 108 cm³/mol. The molecule has 0 radical (unpaired) electrons. The number of fused-ring (bicyclic) bond motifs is 1. The molecule has 3 nitrogen and oxygen atoms in total. The third-order valence-corrected chi connectivity index (χ3v) is 4.93. The molecule has 2 N–H and O–H groups in total. The molecule has 0 aliphatic carbocycles. The summed E-state index contributed by atoms with van der Waals surface area (Å²) in [4.78, 5) is 0. The first-order valence-corrected chi connectivity index (χ1v) is 9.33. The monoisotopic (exact) mass is 389 g/mol. The van der Waals surface area contributed by atoms with Gasteiger partial charge in [0.25, 0.3) is 0 Å². The van der Waals surface area contributed by atoms with Crippen molar-refractivity contribution in [1.82, 2.24) is 5.32 Å². The van der Waals surface area contributed by atoms with Crippen LogP contribution in [-0.2, 0) is 13.2 Å². The van der Waals surface area contributed by atoms with Crippen LogP contribution in [0.5, 0.6) is 5.75 Å². The van der Waals surface area contributed by atoms with Gasteiger partial charge in [-0.05, 0) is 47.5 Å². The summed E-state index contributed by atoms with van der Waals surface area (Å²) in [5, 5.41) is 15.7. The largest absolute Gasteiger partial charge is 0.489 e. The maximum atomic E-state index is 8.96. The number of aliphatic hydroxyl groups is 1. The molecule has 3 aromatic carbocycles. The first-order chi connectivity index (χ1) is 12.7. The zero-order valence-electron chi connectivity index (χ0n) is 14.3. The number of ether oxygens (including phenoxy) is 1. The van der Waals surface area contributed by atoms with Crippen LogP contribution in [0.15, 0.2) is 54.6 Å². The zero-order valence-corrected chi connectivity index (χ0v) is 15.9. The highest BCUT2D eigenvalue weighted by Crippen LogP contribution is 2.29. The van der Waals surface area contributed by atoms with Crippen LogP contribution in [0, 0.1) is 0 Å². The van der Waals surface area contributed by atoms with Gasteiger partial charge in [0.15, 0.2) is 0 Å². The summed E-state index contributed by atoms with van der Waals surface area (Å²) in [5.74, 6) is 0.839. The van der Waals surface area contributed by atoms with Gasteiger partial charge in [-0.25, -0.2) is 0 Å². The molecule has 5 heteroatoms. The average Bonchev–Trinajstić information content (AvgIpc) is 2.66. The lowest BCUT2D eigenvalue weighted by Crippen LogP contribution is -2.16. The van der Waals surface area contributed by atoms with Gasteiger partial charge in [0.1, 0.15) is 12.4 Å². The quantitative estimate of drug-likeness (QED) is 0.520. The van der Waals surface area contributed by atoms with E-state index in [1.165, 1.54) is 5.39 Å². The van der Waals surface area contributed by atoms with Crippen LogP contribution in [0.3, 0.4) is 0 Å². The van der Waals surface area contributed by atoms with Crippen molar-refractivity contribution in [3.05, 3.63) is 75.8 Å². The second-order valence-electron chi connectivity index (χ2n) is 6.05. The molecule has 0 heterocycles. The molecule has 0 fully saturated rings. The summed E-state index contributed by atoms with van der Waals surface area (Å²) in [6.45, 7) is 2.03. The van der Waals surface area contributed by atoms with E-state index in [-0.39, 0.29) is 6.61 Å². The molecule has 0 amide bonds. The van der Waals surface area contributed by atoms with Gasteiger partial charge < -0.3 is 15.2 Å². The van der Waals surface area contributed by atoms with Crippen molar-refractivity contribution in [3.63, 3.8) is 0 Å². The molecular formula is C21H21Cl2NO2. The minimum Gasteiger partial charge on any atom is -0.489 e. The number of aliphatic hydroxyl groups excluding tert-OH is 1. The van der Waals surface area contributed by atoms with E-state index in [9.17, 15) is 0 Å². The van der Waals surface area contributed by atoms with Crippen molar-refractivity contribution in [2.24, 2.45) is 0 Å². The Bertz CT molecular complexity index is 883. The Labute approximate surface area is 163 Å². The molecule has 0 unspecified atom stereocenters. The van der Waals surface area contributed by atoms with Crippen molar-refractivity contribution in [3.8, 4) is 5.75 Å². The van der Waals surface area contributed by atoms with E-state index in [0.717, 1.165) is 35.2 Å². The number of hydrogen-bond acceptors (Lipinski definition) is 3. The summed E-state index contributed by atoms with van der Waals surface area (Å²) in [6.07, 6.45) is 0.726. The lowest BCUT2D eigenvalue weighted by molar-refractivity contribution is 0.285. The van der Waals surface area contributed by atoms with Crippen LogP contribution in [-0.4, -0.2) is 18.3 Å². The first-order valence-electron chi connectivity index (χ1n) is 8.58. The number of rotatable bonds is 8. The van der Waals surface area contributed by atoms with E-state index in [2.05, 4.69) is 23.5 Å². The third-order valence-electron chi connectivity index (χ3n) is 4.19. The standard InChI is InChI=1S/C21H21Cl2NO2/c22-19-8-6-15(12-20(19)23)14-26-21-9-7-16-4-1-2-5-17(16)18(21)13-24-10-3-11-25/h1-2,4-9,12,24-25H,3,10-11,13-14H2. The van der Waals surface area contributed by atoms with Crippen LogP contribution >= 0.6 is 23.2 Å². The van der Waals surface area contributed by atoms with Crippen LogP contribution in [0.2, 0.25) is 10.0 Å². The van der Waals surface area contributed by atoms with Crippen LogP contribution < -0.4 is 10.1 Å². The molecule has 0 atom stereocenters. The molecular weight excluding hydrogens is 369 g/mol. The highest BCUT2D eigenvalue weighted by molar-refractivity contribution is 6.42. The Kier molecular flexibility index (Phi) is 6.75. The summed E-state index contributed by atoms with van der Waals surface area (Å²) >= 11 is 12.1. The smallest absolute Gasteiger partial charge is 0.124 e. The molecule has 0 saturated heterocycles. The van der Waals surface area contributed by atoms with Crippen LogP contribution in [0.1, 0.15) is 17.5 Å². The minimum atomic E-state index is 0.184. The van der Waals surface area contributed by atoms with E-state index in [1.54, 1.807) is 6.07 Å². The molecule has 26 heavy (non-hydrogen) atoms. The number of hydrogen-bond donors (Lipinski definition) is 2. The molecule has 0 spiro atoms. The first kappa shape index (κ1) is 19.0. The molecule has 136 valence electrons. The summed E-state index contributed by atoms with van der Waals surface area (Å²) < 4.78 is 6.09. The molecule has 0 aliphatic heterocycles. The fourth-order valence-corrected chi connectivity index (χ4v) is 3.16. The van der Waals surface area contributed by atoms with Crippen LogP contribution in [0.25, 0.3) is 10.8 Å². The van der Waals surface area contributed by atoms with E-state index in [1.807, 2.05) is 30.3 Å². The Morgan fingerprint density at radius 2 is 1.81 bits per heavy atom. The summed E-state index contributed by atoms with van der Waals surface area (Å²) in [6, 6.07) is 17.8. The fraction of sp³-hybridized carbons (Fsp3) is 0.238. The van der Waals surface area contributed by atoms with Crippen LogP contribution in [0.4, 0.5) is 0 Å². The van der Waals surface area contributed by atoms with E-state index >= 15 is 0 Å². The van der Waals surface area contributed by atoms with Crippen molar-refractivity contribution in [2.45, 2.75) is 19.6 Å². The van der Waals surface area contributed by atoms with Crippen molar-refractivity contribution in [2.75, 3.05) is 13.2 Å². The lowest BCUT2D eigenvalue weighted by Gasteiger charge is -2.15. The molecule has 0 saturated carbocycles. The van der Waals surface area contributed by atoms with Gasteiger partial charge in [0.2, 0.25) is 0 Å². The number of halogens is 2. The average molecular weight is 390 g/mol. The molecule has 0 aromatic heterocycles. The third kappa shape index (κ3) is 4.68. The Balaban J connectivity index is 1.82.